The van der Waals surface area contributed by atoms with Crippen molar-refractivity contribution in [2.24, 2.45) is 66.9 Å². The van der Waals surface area contributed by atoms with Crippen LogP contribution in [-0.4, -0.2) is 132 Å². The predicted molar refractivity (Wildman–Crippen MR) is 299 cm³/mol. The molecule has 0 saturated carbocycles. The summed E-state index contributed by atoms with van der Waals surface area (Å²) in [7, 11) is 0. The van der Waals surface area contributed by atoms with Gasteiger partial charge in [0.05, 0.1) is 6.04 Å². The van der Waals surface area contributed by atoms with E-state index < -0.39 is 101 Å². The minimum Gasteiger partial charge on any atom is -0.370 e. The lowest BCUT2D eigenvalue weighted by molar-refractivity contribution is -0.135. The number of halogens is 1. The molecule has 1 fully saturated rings. The van der Waals surface area contributed by atoms with Crippen molar-refractivity contribution in [3.63, 3.8) is 0 Å². The number of benzene rings is 2. The van der Waals surface area contributed by atoms with Crippen molar-refractivity contribution in [2.45, 2.75) is 127 Å². The van der Waals surface area contributed by atoms with E-state index in [1.165, 1.54) is 6.92 Å². The Hall–Kier alpha value is -8.29. The second kappa shape index (κ2) is 32.4. The first kappa shape index (κ1) is 63.2. The van der Waals surface area contributed by atoms with Gasteiger partial charge in [-0.3, -0.25) is 58.1 Å². The summed E-state index contributed by atoms with van der Waals surface area (Å²) in [4.78, 5) is 141. The molecule has 0 spiro atoms. The van der Waals surface area contributed by atoms with Gasteiger partial charge in [-0.15, -0.1) is 0 Å². The number of aromatic amines is 1. The molecule has 1 aliphatic heterocycles. The van der Waals surface area contributed by atoms with E-state index in [1.54, 1.807) is 30.5 Å². The third-order valence-electron chi connectivity index (χ3n) is 13.1. The zero-order valence-electron chi connectivity index (χ0n) is 44.4. The van der Waals surface area contributed by atoms with Crippen LogP contribution in [0.15, 0.2) is 69.7 Å². The molecule has 1 saturated heterocycles. The molecule has 79 heavy (non-hydrogen) atoms. The molecule has 0 radical (unpaired) electrons. The molecule has 21 N–H and O–H groups in total. The third-order valence-corrected chi connectivity index (χ3v) is 13.3. The summed E-state index contributed by atoms with van der Waals surface area (Å²) in [5.41, 5.74) is 41.1. The zero-order valence-corrected chi connectivity index (χ0v) is 45.2. The second-order valence-corrected chi connectivity index (χ2v) is 19.8. The molecule has 2 heterocycles. The van der Waals surface area contributed by atoms with E-state index in [1.807, 2.05) is 24.3 Å². The van der Waals surface area contributed by atoms with Crippen LogP contribution >= 0.6 is 11.6 Å². The van der Waals surface area contributed by atoms with Crippen molar-refractivity contribution in [1.29, 1.82) is 0 Å². The van der Waals surface area contributed by atoms with E-state index >= 15 is 0 Å². The molecule has 0 aliphatic carbocycles. The van der Waals surface area contributed by atoms with E-state index in [2.05, 4.69) is 51.9 Å². The molecule has 3 aromatic rings. The summed E-state index contributed by atoms with van der Waals surface area (Å²) >= 11 is 6.39. The number of H-pyrrole nitrogens is 1. The number of Topliss-reactive ketones (excluding diaryl/α,β-unsaturated/α-hetero) is 2. The van der Waals surface area contributed by atoms with Gasteiger partial charge in [0.1, 0.15) is 30.0 Å². The minimum atomic E-state index is -1.50. The Kier molecular flexibility index (Phi) is 26.0. The maximum absolute atomic E-state index is 14.9. The quantitative estimate of drug-likeness (QED) is 0.0349. The molecule has 7 amide bonds. The number of nitrogens with zero attached hydrogens (tertiary/aromatic N) is 3. The topological polar surface area (TPSA) is 461 Å². The number of fused-ring (bicyclic) bond motifs is 1. The van der Waals surface area contributed by atoms with Crippen LogP contribution < -0.4 is 72.0 Å². The number of primary amides is 1. The van der Waals surface area contributed by atoms with Crippen LogP contribution in [-0.2, 0) is 56.0 Å². The fourth-order valence-corrected chi connectivity index (χ4v) is 9.25. The molecule has 1 aliphatic rings. The van der Waals surface area contributed by atoms with Crippen molar-refractivity contribution >= 4 is 93.3 Å². The monoisotopic (exact) mass is 1120 g/mol. The van der Waals surface area contributed by atoms with E-state index in [0.717, 1.165) is 10.9 Å². The lowest BCUT2D eigenvalue weighted by Gasteiger charge is -2.27. The Morgan fingerprint density at radius 1 is 0.709 bits per heavy atom. The highest BCUT2D eigenvalue weighted by molar-refractivity contribution is 6.30. The highest BCUT2D eigenvalue weighted by Crippen LogP contribution is 2.26. The first-order chi connectivity index (χ1) is 37.6. The summed E-state index contributed by atoms with van der Waals surface area (Å²) in [5, 5.41) is 17.2. The van der Waals surface area contributed by atoms with Gasteiger partial charge in [0.25, 0.3) is 0 Å². The number of rotatable bonds is 20. The summed E-state index contributed by atoms with van der Waals surface area (Å²) in [6.45, 7) is 1.42. The number of amides is 7. The number of aliphatic imine (C=N–C) groups is 3. The van der Waals surface area contributed by atoms with Crippen LogP contribution in [0.3, 0.4) is 0 Å². The second-order valence-electron chi connectivity index (χ2n) is 19.4. The summed E-state index contributed by atoms with van der Waals surface area (Å²) in [5.74, 6) is -9.02. The number of para-hydroxylation sites is 1. The maximum Gasteiger partial charge on any atom is 0.243 e. The van der Waals surface area contributed by atoms with E-state index in [9.17, 15) is 43.2 Å². The lowest BCUT2D eigenvalue weighted by Crippen LogP contribution is -2.58. The number of carbonyl (C=O) groups excluding carboxylic acids is 9. The van der Waals surface area contributed by atoms with Gasteiger partial charge in [0.15, 0.2) is 23.7 Å². The normalized spacial score (nSPS) is 20.7. The molecule has 26 nitrogen and oxygen atoms in total. The van der Waals surface area contributed by atoms with E-state index in [0.29, 0.717) is 16.1 Å². The maximum atomic E-state index is 14.9. The molecule has 4 rings (SSSR count). The molecular formula is C52H76ClN17O9. The SMILES string of the molecule is CC(=O)N[C@@H](CCCN=C(N)N)C(=O)N[C@H]1CCC(=O)NCCC[C@@H](C(N)=O)NC(=O)[C@H](Cc2c[nH]c3ccccc23)CC(=O)[C@H](CCCN=C(N)N)CC(=O)[C@@H](Cc2cccc(Cl)c2)NC(=O)[C@H](CCCN=C(N)N)NC1=O. The van der Waals surface area contributed by atoms with Crippen molar-refractivity contribution in [3.05, 3.63) is 70.9 Å². The number of hydrogen-bond donors (Lipinski definition) is 14. The molecule has 2 aromatic carbocycles. The first-order valence-corrected chi connectivity index (χ1v) is 26.5. The fraction of sp³-hybridized carbons (Fsp3) is 0.500. The first-order valence-electron chi connectivity index (χ1n) is 26.2. The van der Waals surface area contributed by atoms with Gasteiger partial charge in [0, 0.05) is 86.3 Å². The zero-order chi connectivity index (χ0) is 58.0. The smallest absolute Gasteiger partial charge is 0.243 e. The molecule has 27 heteroatoms. The van der Waals surface area contributed by atoms with E-state index in [-0.39, 0.29) is 128 Å². The van der Waals surface area contributed by atoms with E-state index in [4.69, 9.17) is 51.7 Å². The van der Waals surface area contributed by atoms with Gasteiger partial charge >= 0.3 is 0 Å². The number of guanidine groups is 3. The molecular weight excluding hydrogens is 1040 g/mol. The molecule has 0 bridgehead atoms. The number of aromatic nitrogens is 1. The van der Waals surface area contributed by atoms with Crippen LogP contribution in [0.2, 0.25) is 5.02 Å². The van der Waals surface area contributed by atoms with Gasteiger partial charge < -0.3 is 77.0 Å². The Morgan fingerprint density at radius 3 is 2.01 bits per heavy atom. The molecule has 7 atom stereocenters. The summed E-state index contributed by atoms with van der Waals surface area (Å²) in [6, 6.07) is 7.26. The molecule has 430 valence electrons. The van der Waals surface area contributed by atoms with Crippen molar-refractivity contribution in [3.8, 4) is 0 Å². The highest BCUT2D eigenvalue weighted by atomic mass is 35.5. The van der Waals surface area contributed by atoms with Crippen molar-refractivity contribution < 1.29 is 43.2 Å². The highest BCUT2D eigenvalue weighted by Gasteiger charge is 2.35. The number of carbonyl (C=O) groups is 9. The Morgan fingerprint density at radius 2 is 1.35 bits per heavy atom. The number of nitrogens with two attached hydrogens (primary N) is 7. The average molecular weight is 1120 g/mol. The standard InChI is InChI=1S/C52H76ClN17O9/c1-29(71)66-38(15-7-21-63-51(57)58)47(77)69-40-17-18-44(74)61-19-6-14-37(45(54)75)67-46(76)32(25-33-28-65-36-13-3-2-12-35(33)36)27-42(72)31(10-5-20-62-50(55)56)26-43(73)41(24-30-9-4-11-34(53)23-30)70-48(78)39(68-49(40)79)16-8-22-64-52(59)60/h2-4,9,11-13,23,28,31-32,37-41,65H,5-8,10,14-22,24-27H2,1H3,(H2,54,75)(H,61,74)(H,66,71)(H,67,76)(H,68,79)(H,69,77)(H,70,78)(H4,55,56,62)(H4,57,58,63)(H4,59,60,64)/t31-,32-,37+,38+,39+,40+,41-/m1/s1. The fourth-order valence-electron chi connectivity index (χ4n) is 9.03. The van der Waals surface area contributed by atoms with Crippen LogP contribution in [0, 0.1) is 11.8 Å². The summed E-state index contributed by atoms with van der Waals surface area (Å²) in [6.07, 6.45) is 0.865. The van der Waals surface area contributed by atoms with Gasteiger partial charge in [-0.1, -0.05) is 41.9 Å². The molecule has 0 unspecified atom stereocenters. The summed E-state index contributed by atoms with van der Waals surface area (Å²) < 4.78 is 0. The predicted octanol–water partition coefficient (Wildman–Crippen LogP) is -1.46. The average Bonchev–Trinajstić information content (AvgIpc) is 3.81. The van der Waals surface area contributed by atoms with Gasteiger partial charge in [-0.25, -0.2) is 0 Å². The van der Waals surface area contributed by atoms with Gasteiger partial charge in [0.2, 0.25) is 41.4 Å². The Labute approximate surface area is 462 Å². The van der Waals surface area contributed by atoms with Crippen LogP contribution in [0.1, 0.15) is 95.1 Å². The largest absolute Gasteiger partial charge is 0.370 e. The Bertz CT molecular complexity index is 2700. The van der Waals surface area contributed by atoms with Crippen molar-refractivity contribution in [1.82, 2.24) is 36.9 Å². The Balaban J connectivity index is 1.82. The van der Waals surface area contributed by atoms with Crippen LogP contribution in [0.5, 0.6) is 0 Å². The number of ketones is 2. The van der Waals surface area contributed by atoms with Crippen LogP contribution in [0.4, 0.5) is 0 Å². The third kappa shape index (κ3) is 22.7. The number of hydrogen-bond acceptors (Lipinski definition) is 12. The van der Waals surface area contributed by atoms with Crippen LogP contribution in [0.25, 0.3) is 10.9 Å². The minimum absolute atomic E-state index is 0.0106. The molecule has 1 aromatic heterocycles. The van der Waals surface area contributed by atoms with Crippen molar-refractivity contribution in [2.75, 3.05) is 26.2 Å². The lowest BCUT2D eigenvalue weighted by atomic mass is 9.83. The van der Waals surface area contributed by atoms with Gasteiger partial charge in [-0.2, -0.15) is 0 Å². The number of nitrogens with one attached hydrogen (secondary N) is 7. The van der Waals surface area contributed by atoms with Gasteiger partial charge in [-0.05, 0) is 100.0 Å².